The summed E-state index contributed by atoms with van der Waals surface area (Å²) in [5, 5.41) is 5.18. The van der Waals surface area contributed by atoms with Gasteiger partial charge in [-0.2, -0.15) is 0 Å². The molecule has 0 aromatic rings. The minimum Gasteiger partial charge on any atom is -0.293 e. The van der Waals surface area contributed by atoms with E-state index in [-0.39, 0.29) is 0 Å². The Balaban J connectivity index is 2.54. The predicted octanol–water partition coefficient (Wildman–Crippen LogP) is 5.17. The third-order valence-corrected chi connectivity index (χ3v) is 6.01. The summed E-state index contributed by atoms with van der Waals surface area (Å²) in [6, 6.07) is 0. The molecule has 1 aliphatic heterocycles. The molecule has 3 heteroatoms. The van der Waals surface area contributed by atoms with Crippen LogP contribution < -0.4 is 5.32 Å². The van der Waals surface area contributed by atoms with Crippen LogP contribution in [0.3, 0.4) is 0 Å². The molecule has 0 spiro atoms. The molecule has 3 atom stereocenters. The van der Waals surface area contributed by atoms with Gasteiger partial charge >= 0.3 is 0 Å². The predicted molar refractivity (Wildman–Crippen MR) is 88.0 cm³/mol. The van der Waals surface area contributed by atoms with Crippen LogP contribution in [0.25, 0.3) is 0 Å². The van der Waals surface area contributed by atoms with Gasteiger partial charge in [0.05, 0.1) is 15.3 Å². The van der Waals surface area contributed by atoms with E-state index in [0.29, 0.717) is 10.7 Å². The second-order valence-electron chi connectivity index (χ2n) is 6.73. The minimum atomic E-state index is 0.666. The Morgan fingerprint density at radius 3 is 1.44 bits per heavy atom. The number of hydrogen-bond acceptors (Lipinski definition) is 3. The fourth-order valence-corrected chi connectivity index (χ4v) is 6.63. The average Bonchev–Trinajstić information content (AvgIpc) is 2.12. The van der Waals surface area contributed by atoms with E-state index in [0.717, 1.165) is 22.3 Å². The van der Waals surface area contributed by atoms with Crippen molar-refractivity contribution < 1.29 is 0 Å². The lowest BCUT2D eigenvalue weighted by molar-refractivity contribution is 0.452. The van der Waals surface area contributed by atoms with Gasteiger partial charge in [0.1, 0.15) is 0 Å². The zero-order chi connectivity index (χ0) is 13.7. The minimum absolute atomic E-state index is 0.666. The lowest BCUT2D eigenvalue weighted by Crippen LogP contribution is -2.42. The highest BCUT2D eigenvalue weighted by molar-refractivity contribution is 8.18. The van der Waals surface area contributed by atoms with Crippen LogP contribution in [0.4, 0.5) is 0 Å². The molecule has 1 aliphatic rings. The van der Waals surface area contributed by atoms with Gasteiger partial charge in [-0.05, 0) is 37.0 Å². The molecule has 0 radical (unpaired) electrons. The Bertz CT molecular complexity index is 184. The van der Waals surface area contributed by atoms with Gasteiger partial charge in [0.25, 0.3) is 0 Å². The monoisotopic (exact) mass is 289 g/mol. The number of thioether (sulfide) groups is 2. The zero-order valence-corrected chi connectivity index (χ0v) is 14.5. The molecule has 108 valence electrons. The van der Waals surface area contributed by atoms with Crippen molar-refractivity contribution in [2.75, 3.05) is 0 Å². The maximum Gasteiger partial charge on any atom is 0.0554 e. The van der Waals surface area contributed by atoms with Gasteiger partial charge in [-0.3, -0.25) is 5.32 Å². The van der Waals surface area contributed by atoms with E-state index in [9.17, 15) is 0 Å². The van der Waals surface area contributed by atoms with Crippen LogP contribution in [-0.4, -0.2) is 15.3 Å². The van der Waals surface area contributed by atoms with E-state index < -0.39 is 0 Å². The standard InChI is InChI=1S/C15H31NS2/c1-10(2)7-13-16-14(8-11(3)4)18-15(17-13)9-12(5)6/h10-16H,7-9H2,1-6H3/t13-,14+,15?. The largest absolute Gasteiger partial charge is 0.293 e. The van der Waals surface area contributed by atoms with E-state index >= 15 is 0 Å². The number of nitrogens with one attached hydrogen (secondary N) is 1. The van der Waals surface area contributed by atoms with Crippen molar-refractivity contribution in [3.63, 3.8) is 0 Å². The second kappa shape index (κ2) is 8.06. The van der Waals surface area contributed by atoms with Gasteiger partial charge in [0, 0.05) is 0 Å². The highest BCUT2D eigenvalue weighted by Gasteiger charge is 2.30. The Kier molecular flexibility index (Phi) is 7.48. The molecular weight excluding hydrogens is 258 g/mol. The van der Waals surface area contributed by atoms with E-state index in [1.165, 1.54) is 19.3 Å². The third-order valence-electron chi connectivity index (χ3n) is 3.04. The topological polar surface area (TPSA) is 12.0 Å². The fraction of sp³-hybridized carbons (Fsp3) is 1.00. The van der Waals surface area contributed by atoms with Crippen molar-refractivity contribution in [2.45, 2.75) is 76.1 Å². The van der Waals surface area contributed by atoms with Crippen molar-refractivity contribution in [3.05, 3.63) is 0 Å². The molecule has 0 saturated carbocycles. The summed E-state index contributed by atoms with van der Waals surface area (Å²) >= 11 is 4.34. The fourth-order valence-electron chi connectivity index (χ4n) is 2.28. The molecule has 1 saturated heterocycles. The van der Waals surface area contributed by atoms with Crippen LogP contribution in [0.15, 0.2) is 0 Å². The lowest BCUT2D eigenvalue weighted by Gasteiger charge is -2.37. The molecule has 0 aromatic heterocycles. The molecule has 0 aliphatic carbocycles. The van der Waals surface area contributed by atoms with Crippen molar-refractivity contribution in [1.82, 2.24) is 5.32 Å². The Labute approximate surface area is 123 Å². The Morgan fingerprint density at radius 1 is 0.722 bits per heavy atom. The quantitative estimate of drug-likeness (QED) is 0.724. The molecule has 0 aromatic carbocycles. The van der Waals surface area contributed by atoms with Crippen LogP contribution in [-0.2, 0) is 0 Å². The van der Waals surface area contributed by atoms with Crippen molar-refractivity contribution in [1.29, 1.82) is 0 Å². The van der Waals surface area contributed by atoms with E-state index in [1.54, 1.807) is 0 Å². The third kappa shape index (κ3) is 6.72. The van der Waals surface area contributed by atoms with Gasteiger partial charge < -0.3 is 0 Å². The molecule has 1 fully saturated rings. The first-order valence-electron chi connectivity index (χ1n) is 7.43. The average molecular weight is 290 g/mol. The Hall–Kier alpha value is 0.660. The molecule has 1 unspecified atom stereocenters. The first kappa shape index (κ1) is 16.7. The number of hydrogen-bond donors (Lipinski definition) is 1. The Morgan fingerprint density at radius 2 is 1.11 bits per heavy atom. The summed E-state index contributed by atoms with van der Waals surface area (Å²) < 4.78 is 0.791. The van der Waals surface area contributed by atoms with Crippen molar-refractivity contribution in [2.24, 2.45) is 17.8 Å². The molecule has 0 amide bonds. The van der Waals surface area contributed by atoms with Crippen molar-refractivity contribution in [3.8, 4) is 0 Å². The van der Waals surface area contributed by atoms with E-state index in [1.807, 2.05) is 0 Å². The van der Waals surface area contributed by atoms with Crippen LogP contribution in [0.5, 0.6) is 0 Å². The normalized spacial score (nSPS) is 29.5. The van der Waals surface area contributed by atoms with Crippen LogP contribution in [0.2, 0.25) is 0 Å². The highest BCUT2D eigenvalue weighted by atomic mass is 32.2. The summed E-state index contributed by atoms with van der Waals surface area (Å²) in [5.74, 6) is 2.39. The molecule has 1 nitrogen and oxygen atoms in total. The van der Waals surface area contributed by atoms with Crippen LogP contribution in [0, 0.1) is 17.8 Å². The lowest BCUT2D eigenvalue weighted by atomic mass is 10.1. The van der Waals surface area contributed by atoms with Crippen molar-refractivity contribution >= 4 is 23.5 Å². The molecule has 1 N–H and O–H groups in total. The molecule has 1 rings (SSSR count). The second-order valence-corrected chi connectivity index (χ2v) is 9.85. The van der Waals surface area contributed by atoms with Crippen LogP contribution >= 0.6 is 23.5 Å². The highest BCUT2D eigenvalue weighted by Crippen LogP contribution is 2.41. The summed E-state index contributed by atoms with van der Waals surface area (Å²) in [6.45, 7) is 14.0. The summed E-state index contributed by atoms with van der Waals surface area (Å²) in [4.78, 5) is 0. The van der Waals surface area contributed by atoms with Gasteiger partial charge in [-0.15, -0.1) is 23.5 Å². The van der Waals surface area contributed by atoms with E-state index in [4.69, 9.17) is 0 Å². The van der Waals surface area contributed by atoms with Crippen LogP contribution in [0.1, 0.15) is 60.8 Å². The smallest absolute Gasteiger partial charge is 0.0554 e. The summed E-state index contributed by atoms with van der Waals surface area (Å²) in [5.41, 5.74) is 0. The van der Waals surface area contributed by atoms with Gasteiger partial charge in [0.15, 0.2) is 0 Å². The van der Waals surface area contributed by atoms with Gasteiger partial charge in [-0.1, -0.05) is 41.5 Å². The van der Waals surface area contributed by atoms with Gasteiger partial charge in [-0.25, -0.2) is 0 Å². The molecule has 0 bridgehead atoms. The summed E-state index contributed by atoms with van der Waals surface area (Å²) in [7, 11) is 0. The molecular formula is C15H31NS2. The van der Waals surface area contributed by atoms with E-state index in [2.05, 4.69) is 70.4 Å². The SMILES string of the molecule is CC(C)CC1S[C@H](CC(C)C)N[C@H](CC(C)C)S1. The summed E-state index contributed by atoms with van der Waals surface area (Å²) in [6.07, 6.45) is 3.95. The molecule has 1 heterocycles. The first-order chi connectivity index (χ1) is 8.36. The zero-order valence-electron chi connectivity index (χ0n) is 12.9. The maximum absolute atomic E-state index is 3.85. The maximum atomic E-state index is 3.85. The molecule has 18 heavy (non-hydrogen) atoms. The van der Waals surface area contributed by atoms with Gasteiger partial charge in [0.2, 0.25) is 0 Å². The number of rotatable bonds is 6. The first-order valence-corrected chi connectivity index (χ1v) is 9.32.